The number of nitrogens with two attached hydrogens (primary N) is 1. The minimum Gasteiger partial charge on any atom is -0.326 e. The summed E-state index contributed by atoms with van der Waals surface area (Å²) in [6.45, 7) is 7.74. The largest absolute Gasteiger partial charge is 0.326 e. The summed E-state index contributed by atoms with van der Waals surface area (Å²) in [6, 6.07) is 7.60. The predicted molar refractivity (Wildman–Crippen MR) is 82.0 cm³/mol. The van der Waals surface area contributed by atoms with Crippen LogP contribution in [0, 0.1) is 11.7 Å². The second-order valence-electron chi connectivity index (χ2n) is 6.17. The van der Waals surface area contributed by atoms with Crippen molar-refractivity contribution in [1.82, 2.24) is 4.90 Å². The first kappa shape index (κ1) is 15.5. The van der Waals surface area contributed by atoms with Crippen LogP contribution >= 0.6 is 0 Å². The molecule has 2 N–H and O–H groups in total. The molecule has 1 aliphatic rings. The number of likely N-dealkylation sites (tertiary alicyclic amines) is 1. The second kappa shape index (κ2) is 6.68. The molecule has 0 amide bonds. The molecule has 1 aromatic carbocycles. The van der Waals surface area contributed by atoms with Crippen LogP contribution in [0.15, 0.2) is 24.3 Å². The van der Waals surface area contributed by atoms with Gasteiger partial charge in [-0.2, -0.15) is 0 Å². The summed E-state index contributed by atoms with van der Waals surface area (Å²) in [4.78, 5) is 2.48. The Hall–Kier alpha value is -0.930. The average Bonchev–Trinajstić information content (AvgIpc) is 2.43. The van der Waals surface area contributed by atoms with Crippen LogP contribution in [0.3, 0.4) is 0 Å². The first-order valence-corrected chi connectivity index (χ1v) is 7.81. The van der Waals surface area contributed by atoms with Crippen molar-refractivity contribution in [3.05, 3.63) is 35.6 Å². The fraction of sp³-hybridized carbons (Fsp3) is 0.647. The SMILES string of the molecule is CCC(N)C(c1cccc(F)c1)N1CCCC(C)C1C. The zero-order valence-corrected chi connectivity index (χ0v) is 12.8. The van der Waals surface area contributed by atoms with Gasteiger partial charge in [0, 0.05) is 12.1 Å². The normalized spacial score (nSPS) is 27.2. The molecular formula is C17H27FN2. The van der Waals surface area contributed by atoms with E-state index >= 15 is 0 Å². The van der Waals surface area contributed by atoms with Gasteiger partial charge in [-0.3, -0.25) is 4.90 Å². The van der Waals surface area contributed by atoms with Gasteiger partial charge < -0.3 is 5.73 Å². The highest BCUT2D eigenvalue weighted by Crippen LogP contribution is 2.34. The third-order valence-electron chi connectivity index (χ3n) is 4.85. The van der Waals surface area contributed by atoms with Crippen molar-refractivity contribution in [2.75, 3.05) is 6.54 Å². The standard InChI is InChI=1S/C17H27FN2/c1-4-16(19)17(14-8-5-9-15(18)11-14)20-10-6-7-12(2)13(20)3/h5,8-9,11-13,16-17H,4,6-7,10,19H2,1-3H3. The summed E-state index contributed by atoms with van der Waals surface area (Å²) in [5.41, 5.74) is 7.39. The summed E-state index contributed by atoms with van der Waals surface area (Å²) in [7, 11) is 0. The summed E-state index contributed by atoms with van der Waals surface area (Å²) >= 11 is 0. The fourth-order valence-corrected chi connectivity index (χ4v) is 3.36. The molecule has 4 atom stereocenters. The van der Waals surface area contributed by atoms with Gasteiger partial charge in [-0.1, -0.05) is 26.0 Å². The lowest BCUT2D eigenvalue weighted by Gasteiger charge is -2.45. The van der Waals surface area contributed by atoms with Crippen LogP contribution in [0.4, 0.5) is 4.39 Å². The molecule has 2 rings (SSSR count). The first-order valence-electron chi connectivity index (χ1n) is 7.81. The van der Waals surface area contributed by atoms with E-state index in [1.54, 1.807) is 12.1 Å². The molecule has 0 bridgehead atoms. The molecule has 0 aliphatic carbocycles. The van der Waals surface area contributed by atoms with Gasteiger partial charge >= 0.3 is 0 Å². The van der Waals surface area contributed by atoms with Gasteiger partial charge in [0.2, 0.25) is 0 Å². The van der Waals surface area contributed by atoms with E-state index in [2.05, 4.69) is 25.7 Å². The molecule has 3 heteroatoms. The lowest BCUT2D eigenvalue weighted by molar-refractivity contribution is 0.0545. The highest BCUT2D eigenvalue weighted by Gasteiger charge is 2.33. The van der Waals surface area contributed by atoms with Crippen molar-refractivity contribution in [3.63, 3.8) is 0 Å². The van der Waals surface area contributed by atoms with Crippen molar-refractivity contribution in [2.45, 2.75) is 58.2 Å². The van der Waals surface area contributed by atoms with Crippen LogP contribution in [-0.4, -0.2) is 23.5 Å². The number of halogens is 1. The lowest BCUT2D eigenvalue weighted by Crippen LogP contribution is -2.50. The van der Waals surface area contributed by atoms with Crippen LogP contribution in [0.1, 0.15) is 51.6 Å². The number of rotatable bonds is 4. The van der Waals surface area contributed by atoms with E-state index in [0.717, 1.165) is 18.5 Å². The number of nitrogens with zero attached hydrogens (tertiary/aromatic N) is 1. The van der Waals surface area contributed by atoms with Crippen LogP contribution in [-0.2, 0) is 0 Å². The van der Waals surface area contributed by atoms with E-state index in [1.807, 2.05) is 6.07 Å². The Labute approximate surface area is 122 Å². The van der Waals surface area contributed by atoms with Gasteiger partial charge in [0.15, 0.2) is 0 Å². The van der Waals surface area contributed by atoms with Crippen LogP contribution in [0.5, 0.6) is 0 Å². The molecule has 1 aliphatic heterocycles. The summed E-state index contributed by atoms with van der Waals surface area (Å²) in [5.74, 6) is 0.498. The highest BCUT2D eigenvalue weighted by molar-refractivity contribution is 5.22. The molecule has 112 valence electrons. The quantitative estimate of drug-likeness (QED) is 0.909. The van der Waals surface area contributed by atoms with Crippen molar-refractivity contribution >= 4 is 0 Å². The van der Waals surface area contributed by atoms with E-state index in [4.69, 9.17) is 5.73 Å². The van der Waals surface area contributed by atoms with Gasteiger partial charge in [-0.05, 0) is 56.3 Å². The fourth-order valence-electron chi connectivity index (χ4n) is 3.36. The van der Waals surface area contributed by atoms with Gasteiger partial charge in [-0.25, -0.2) is 4.39 Å². The summed E-state index contributed by atoms with van der Waals surface area (Å²) < 4.78 is 13.6. The highest BCUT2D eigenvalue weighted by atomic mass is 19.1. The Balaban J connectivity index is 2.32. The van der Waals surface area contributed by atoms with E-state index in [0.29, 0.717) is 12.0 Å². The van der Waals surface area contributed by atoms with E-state index in [-0.39, 0.29) is 17.9 Å². The Kier molecular flexibility index (Phi) is 5.17. The molecule has 0 radical (unpaired) electrons. The Morgan fingerprint density at radius 1 is 1.40 bits per heavy atom. The van der Waals surface area contributed by atoms with Crippen LogP contribution in [0.25, 0.3) is 0 Å². The summed E-state index contributed by atoms with van der Waals surface area (Å²) in [5, 5.41) is 0. The van der Waals surface area contributed by atoms with Gasteiger partial charge in [0.05, 0.1) is 6.04 Å². The van der Waals surface area contributed by atoms with Crippen LogP contribution in [0.2, 0.25) is 0 Å². The van der Waals surface area contributed by atoms with Gasteiger partial charge in [0.25, 0.3) is 0 Å². The smallest absolute Gasteiger partial charge is 0.123 e. The third-order valence-corrected chi connectivity index (χ3v) is 4.85. The van der Waals surface area contributed by atoms with Crippen molar-refractivity contribution in [2.24, 2.45) is 11.7 Å². The topological polar surface area (TPSA) is 29.3 Å². The minimum absolute atomic E-state index is 0.0459. The minimum atomic E-state index is -0.173. The van der Waals surface area contributed by atoms with Crippen molar-refractivity contribution in [1.29, 1.82) is 0 Å². The second-order valence-corrected chi connectivity index (χ2v) is 6.17. The van der Waals surface area contributed by atoms with Gasteiger partial charge in [-0.15, -0.1) is 0 Å². The zero-order chi connectivity index (χ0) is 14.7. The van der Waals surface area contributed by atoms with E-state index in [9.17, 15) is 4.39 Å². The molecule has 0 aromatic heterocycles. The van der Waals surface area contributed by atoms with Gasteiger partial charge in [0.1, 0.15) is 5.82 Å². The van der Waals surface area contributed by atoms with Crippen molar-refractivity contribution in [3.8, 4) is 0 Å². The van der Waals surface area contributed by atoms with E-state index in [1.165, 1.54) is 18.9 Å². The molecule has 0 spiro atoms. The molecule has 1 saturated heterocycles. The predicted octanol–water partition coefficient (Wildman–Crippen LogP) is 3.72. The Bertz CT molecular complexity index is 435. The average molecular weight is 278 g/mol. The first-order chi connectivity index (χ1) is 9.54. The Morgan fingerprint density at radius 2 is 2.15 bits per heavy atom. The number of hydrogen-bond donors (Lipinski definition) is 1. The number of hydrogen-bond acceptors (Lipinski definition) is 2. The van der Waals surface area contributed by atoms with Crippen molar-refractivity contribution < 1.29 is 4.39 Å². The maximum atomic E-state index is 13.6. The molecule has 20 heavy (non-hydrogen) atoms. The molecule has 1 fully saturated rings. The molecule has 2 nitrogen and oxygen atoms in total. The van der Waals surface area contributed by atoms with Crippen LogP contribution < -0.4 is 5.73 Å². The third kappa shape index (κ3) is 3.21. The lowest BCUT2D eigenvalue weighted by atomic mass is 9.87. The molecular weight excluding hydrogens is 251 g/mol. The summed E-state index contributed by atoms with van der Waals surface area (Å²) in [6.07, 6.45) is 3.38. The molecule has 1 heterocycles. The Morgan fingerprint density at radius 3 is 2.80 bits per heavy atom. The molecule has 1 aromatic rings. The molecule has 0 saturated carbocycles. The monoisotopic (exact) mass is 278 g/mol. The maximum Gasteiger partial charge on any atom is 0.123 e. The number of benzene rings is 1. The maximum absolute atomic E-state index is 13.6. The number of piperidine rings is 1. The molecule has 4 unspecified atom stereocenters. The zero-order valence-electron chi connectivity index (χ0n) is 12.8. The van der Waals surface area contributed by atoms with E-state index < -0.39 is 0 Å².